The lowest BCUT2D eigenvalue weighted by Gasteiger charge is -2.08. The molecule has 0 saturated heterocycles. The third kappa shape index (κ3) is 5.35. The van der Waals surface area contributed by atoms with Crippen LogP contribution in [0.3, 0.4) is 0 Å². The molecule has 0 bridgehead atoms. The first kappa shape index (κ1) is 17.3. The molecule has 20 heavy (non-hydrogen) atoms. The third-order valence-electron chi connectivity index (χ3n) is 3.34. The highest BCUT2D eigenvalue weighted by atomic mass is 79.9. The van der Waals surface area contributed by atoms with Crippen LogP contribution in [0, 0.1) is 0 Å². The number of thiazole rings is 1. The fourth-order valence-corrected chi connectivity index (χ4v) is 2.77. The number of hydrogen-bond acceptors (Lipinski definition) is 2. The van der Waals surface area contributed by atoms with E-state index in [1.807, 2.05) is 21.7 Å². The molecule has 110 valence electrons. The van der Waals surface area contributed by atoms with E-state index < -0.39 is 6.10 Å². The molecule has 2 rings (SSSR count). The zero-order valence-electron chi connectivity index (χ0n) is 11.8. The van der Waals surface area contributed by atoms with E-state index in [1.165, 1.54) is 24.8 Å². The average molecular weight is 356 g/mol. The first-order valence-corrected chi connectivity index (χ1v) is 7.92. The van der Waals surface area contributed by atoms with Gasteiger partial charge in [0.1, 0.15) is 6.10 Å². The monoisotopic (exact) mass is 355 g/mol. The minimum Gasteiger partial charge on any atom is -1.00 e. The van der Waals surface area contributed by atoms with Gasteiger partial charge in [0, 0.05) is 0 Å². The van der Waals surface area contributed by atoms with Crippen molar-refractivity contribution in [3.05, 3.63) is 52.5 Å². The number of hydrogen-bond donors (Lipinski definition) is 1. The standard InChI is InChI=1S/C16H22NOS.BrH/c1-2-3-4-5-14-6-8-15(9-7-14)16(18)12-17-10-11-19-13-17;/h6-11,13,16,18H,2-5,12H2,1H3;1H/q+1;/p-1. The molecule has 2 aromatic rings. The molecule has 4 heteroatoms. The Morgan fingerprint density at radius 1 is 1.20 bits per heavy atom. The van der Waals surface area contributed by atoms with Gasteiger partial charge in [-0.05, 0) is 24.0 Å². The van der Waals surface area contributed by atoms with Crippen molar-refractivity contribution in [3.8, 4) is 0 Å². The van der Waals surface area contributed by atoms with Gasteiger partial charge in [-0.25, -0.2) is 0 Å². The fraction of sp³-hybridized carbons (Fsp3) is 0.438. The maximum absolute atomic E-state index is 10.2. The Labute approximate surface area is 135 Å². The van der Waals surface area contributed by atoms with Crippen molar-refractivity contribution >= 4 is 11.3 Å². The Balaban J connectivity index is 0.00000200. The second-order valence-corrected chi connectivity index (χ2v) is 5.69. The van der Waals surface area contributed by atoms with Crippen LogP contribution in [-0.2, 0) is 13.0 Å². The number of aliphatic hydroxyl groups excluding tert-OH is 1. The zero-order valence-corrected chi connectivity index (χ0v) is 14.2. The van der Waals surface area contributed by atoms with Gasteiger partial charge in [0.25, 0.3) is 0 Å². The Kier molecular flexibility index (Phi) is 8.04. The molecule has 0 fully saturated rings. The van der Waals surface area contributed by atoms with Crippen molar-refractivity contribution in [3.63, 3.8) is 0 Å². The SMILES string of the molecule is CCCCCc1ccc(C(O)C[n+]2ccsc2)cc1.[Br-]. The van der Waals surface area contributed by atoms with Crippen molar-refractivity contribution in [2.75, 3.05) is 0 Å². The maximum atomic E-state index is 10.2. The lowest BCUT2D eigenvalue weighted by atomic mass is 10.0. The molecule has 0 saturated carbocycles. The summed E-state index contributed by atoms with van der Waals surface area (Å²) in [4.78, 5) is 0. The van der Waals surface area contributed by atoms with Crippen LogP contribution in [0.1, 0.15) is 43.4 Å². The summed E-state index contributed by atoms with van der Waals surface area (Å²) in [6, 6.07) is 8.40. The highest BCUT2D eigenvalue weighted by Crippen LogP contribution is 2.15. The van der Waals surface area contributed by atoms with E-state index in [1.54, 1.807) is 11.3 Å². The number of unbranched alkanes of at least 4 members (excludes halogenated alkanes) is 2. The summed E-state index contributed by atoms with van der Waals surface area (Å²) in [5, 5.41) is 12.2. The van der Waals surface area contributed by atoms with Crippen LogP contribution in [0.2, 0.25) is 0 Å². The minimum atomic E-state index is -0.427. The molecule has 0 spiro atoms. The fourth-order valence-electron chi connectivity index (χ4n) is 2.16. The van der Waals surface area contributed by atoms with E-state index in [2.05, 4.69) is 31.2 Å². The van der Waals surface area contributed by atoms with Crippen LogP contribution in [0.25, 0.3) is 0 Å². The van der Waals surface area contributed by atoms with Crippen molar-refractivity contribution in [1.82, 2.24) is 0 Å². The summed E-state index contributed by atoms with van der Waals surface area (Å²) >= 11 is 1.64. The minimum absolute atomic E-state index is 0. The number of rotatable bonds is 7. The Morgan fingerprint density at radius 3 is 2.55 bits per heavy atom. The van der Waals surface area contributed by atoms with Gasteiger partial charge in [0.15, 0.2) is 12.7 Å². The number of nitrogens with zero attached hydrogens (tertiary/aromatic N) is 1. The molecule has 1 aromatic heterocycles. The van der Waals surface area contributed by atoms with E-state index in [0.29, 0.717) is 6.54 Å². The Hall–Kier alpha value is -0.710. The normalized spacial score (nSPS) is 11.9. The summed E-state index contributed by atoms with van der Waals surface area (Å²) in [5.41, 5.74) is 4.38. The van der Waals surface area contributed by atoms with Crippen LogP contribution in [-0.4, -0.2) is 5.11 Å². The molecule has 1 unspecified atom stereocenters. The molecule has 1 aromatic carbocycles. The molecule has 0 amide bonds. The lowest BCUT2D eigenvalue weighted by molar-refractivity contribution is -0.700. The molecule has 1 atom stereocenters. The maximum Gasteiger partial charge on any atom is 0.224 e. The molecular formula is C16H22BrNOS. The third-order valence-corrected chi connectivity index (χ3v) is 4.02. The first-order valence-electron chi connectivity index (χ1n) is 6.97. The van der Waals surface area contributed by atoms with Gasteiger partial charge in [0.2, 0.25) is 5.51 Å². The topological polar surface area (TPSA) is 24.1 Å². The second-order valence-electron chi connectivity index (χ2n) is 4.94. The van der Waals surface area contributed by atoms with Gasteiger partial charge in [-0.15, -0.1) is 0 Å². The number of aryl methyl sites for hydroxylation is 1. The largest absolute Gasteiger partial charge is 1.00 e. The quantitative estimate of drug-likeness (QED) is 0.567. The van der Waals surface area contributed by atoms with E-state index >= 15 is 0 Å². The van der Waals surface area contributed by atoms with Crippen molar-refractivity contribution in [2.24, 2.45) is 0 Å². The van der Waals surface area contributed by atoms with E-state index in [9.17, 15) is 5.11 Å². The van der Waals surface area contributed by atoms with E-state index in [-0.39, 0.29) is 17.0 Å². The van der Waals surface area contributed by atoms with Crippen LogP contribution in [0.15, 0.2) is 41.4 Å². The predicted octanol–water partition coefficient (Wildman–Crippen LogP) is 0.506. The van der Waals surface area contributed by atoms with Gasteiger partial charge in [-0.1, -0.05) is 55.4 Å². The molecule has 0 aliphatic carbocycles. The molecular weight excluding hydrogens is 334 g/mol. The van der Waals surface area contributed by atoms with Gasteiger partial charge in [0.05, 0.1) is 5.38 Å². The molecule has 0 aliphatic rings. The average Bonchev–Trinajstić information content (AvgIpc) is 2.93. The van der Waals surface area contributed by atoms with Crippen LogP contribution in [0.5, 0.6) is 0 Å². The van der Waals surface area contributed by atoms with Gasteiger partial charge in [-0.3, -0.25) is 0 Å². The number of aromatic nitrogens is 1. The molecule has 1 N–H and O–H groups in total. The Morgan fingerprint density at radius 2 is 1.95 bits per heavy atom. The van der Waals surface area contributed by atoms with Gasteiger partial charge in [-0.2, -0.15) is 4.57 Å². The highest BCUT2D eigenvalue weighted by molar-refractivity contribution is 7.07. The summed E-state index contributed by atoms with van der Waals surface area (Å²) in [7, 11) is 0. The van der Waals surface area contributed by atoms with E-state index in [0.717, 1.165) is 12.0 Å². The molecule has 0 radical (unpaired) electrons. The molecule has 0 aliphatic heterocycles. The second kappa shape index (κ2) is 9.27. The van der Waals surface area contributed by atoms with E-state index in [4.69, 9.17) is 0 Å². The smallest absolute Gasteiger partial charge is 0.224 e. The summed E-state index contributed by atoms with van der Waals surface area (Å²) < 4.78 is 2.02. The predicted molar refractivity (Wildman–Crippen MR) is 79.1 cm³/mol. The Bertz CT molecular complexity index is 470. The zero-order chi connectivity index (χ0) is 13.5. The summed E-state index contributed by atoms with van der Waals surface area (Å²) in [5.74, 6) is 0. The summed E-state index contributed by atoms with van der Waals surface area (Å²) in [6.07, 6.45) is 6.51. The molecule has 2 nitrogen and oxygen atoms in total. The van der Waals surface area contributed by atoms with Crippen LogP contribution < -0.4 is 21.5 Å². The number of benzene rings is 1. The number of halogens is 1. The molecule has 1 heterocycles. The van der Waals surface area contributed by atoms with Crippen molar-refractivity contribution < 1.29 is 26.7 Å². The first-order chi connectivity index (χ1) is 9.29. The highest BCUT2D eigenvalue weighted by Gasteiger charge is 2.13. The van der Waals surface area contributed by atoms with Gasteiger partial charge >= 0.3 is 0 Å². The van der Waals surface area contributed by atoms with Crippen LogP contribution in [0.4, 0.5) is 0 Å². The van der Waals surface area contributed by atoms with Crippen molar-refractivity contribution in [1.29, 1.82) is 0 Å². The van der Waals surface area contributed by atoms with Crippen molar-refractivity contribution in [2.45, 2.75) is 45.3 Å². The van der Waals surface area contributed by atoms with Crippen LogP contribution >= 0.6 is 11.3 Å². The lowest BCUT2D eigenvalue weighted by Crippen LogP contribution is -3.00. The number of aliphatic hydroxyl groups is 1. The summed E-state index contributed by atoms with van der Waals surface area (Å²) in [6.45, 7) is 2.85. The van der Waals surface area contributed by atoms with Gasteiger partial charge < -0.3 is 22.1 Å².